The number of nitrogens with zero attached hydrogens (tertiary/aromatic N) is 2. The summed E-state index contributed by atoms with van der Waals surface area (Å²) in [6, 6.07) is 0. The van der Waals surface area contributed by atoms with Gasteiger partial charge < -0.3 is 4.57 Å². The zero-order valence-electron chi connectivity index (χ0n) is 13.0. The van der Waals surface area contributed by atoms with E-state index in [0.717, 1.165) is 38.6 Å². The van der Waals surface area contributed by atoms with E-state index in [2.05, 4.69) is 16.5 Å². The fraction of sp³-hybridized carbons (Fsp3) is 0.765. The van der Waals surface area contributed by atoms with Gasteiger partial charge in [0.1, 0.15) is 5.78 Å². The Hall–Kier alpha value is -1.12. The molecule has 0 atom stereocenters. The number of unbranched alkanes of at least 4 members (excludes halogenated alkanes) is 7. The van der Waals surface area contributed by atoms with Crippen molar-refractivity contribution in [3.63, 3.8) is 0 Å². The number of ketones is 1. The van der Waals surface area contributed by atoms with Crippen LogP contribution < -0.4 is 0 Å². The Morgan fingerprint density at radius 3 is 2.25 bits per heavy atom. The third-order valence-corrected chi connectivity index (χ3v) is 3.74. The molecule has 1 aromatic rings. The number of Topliss-reactive ketones (excluding diaryl/α,β-unsaturated/α-hetero) is 1. The minimum atomic E-state index is 0.448. The first-order valence-electron chi connectivity index (χ1n) is 8.30. The molecule has 1 aromatic heterocycles. The van der Waals surface area contributed by atoms with Crippen molar-refractivity contribution in [1.82, 2.24) is 9.55 Å². The van der Waals surface area contributed by atoms with Crippen LogP contribution in [0.25, 0.3) is 0 Å². The maximum absolute atomic E-state index is 11.7. The van der Waals surface area contributed by atoms with Crippen molar-refractivity contribution in [2.24, 2.45) is 0 Å². The smallest absolute Gasteiger partial charge is 0.132 e. The maximum atomic E-state index is 11.7. The lowest BCUT2D eigenvalue weighted by atomic mass is 10.0. The Bertz CT molecular complexity index is 333. The molecule has 0 radical (unpaired) electrons. The molecular formula is C17H30N2O. The second-order valence-corrected chi connectivity index (χ2v) is 5.67. The molecule has 20 heavy (non-hydrogen) atoms. The van der Waals surface area contributed by atoms with Crippen molar-refractivity contribution >= 4 is 5.78 Å². The van der Waals surface area contributed by atoms with Gasteiger partial charge in [0, 0.05) is 31.8 Å². The van der Waals surface area contributed by atoms with E-state index in [4.69, 9.17) is 0 Å². The lowest BCUT2D eigenvalue weighted by molar-refractivity contribution is -0.119. The van der Waals surface area contributed by atoms with E-state index in [9.17, 15) is 4.79 Å². The van der Waals surface area contributed by atoms with Gasteiger partial charge in [0.15, 0.2) is 0 Å². The second kappa shape index (κ2) is 11.7. The SMILES string of the molecule is CCCCCCCCCC(=O)CCCCn1ccnc1. The van der Waals surface area contributed by atoms with Gasteiger partial charge in [-0.2, -0.15) is 0 Å². The highest BCUT2D eigenvalue weighted by molar-refractivity contribution is 5.78. The summed E-state index contributed by atoms with van der Waals surface area (Å²) < 4.78 is 2.07. The standard InChI is InChI=1S/C17H30N2O/c1-2-3-4-5-6-7-8-11-17(20)12-9-10-14-19-15-13-18-16-19/h13,15-16H,2-12,14H2,1H3. The van der Waals surface area contributed by atoms with Crippen LogP contribution >= 0.6 is 0 Å². The van der Waals surface area contributed by atoms with E-state index >= 15 is 0 Å². The van der Waals surface area contributed by atoms with Gasteiger partial charge in [0.25, 0.3) is 0 Å². The Balaban J connectivity index is 1.85. The van der Waals surface area contributed by atoms with Crippen LogP contribution in [0.5, 0.6) is 0 Å². The van der Waals surface area contributed by atoms with Gasteiger partial charge in [0.2, 0.25) is 0 Å². The zero-order chi connectivity index (χ0) is 14.5. The molecule has 1 rings (SSSR count). The minimum absolute atomic E-state index is 0.448. The first kappa shape index (κ1) is 16.9. The number of rotatable bonds is 13. The molecule has 0 unspecified atom stereocenters. The first-order chi connectivity index (χ1) is 9.83. The van der Waals surface area contributed by atoms with Gasteiger partial charge in [0.05, 0.1) is 6.33 Å². The van der Waals surface area contributed by atoms with E-state index < -0.39 is 0 Å². The van der Waals surface area contributed by atoms with Crippen molar-refractivity contribution in [3.05, 3.63) is 18.7 Å². The predicted molar refractivity (Wildman–Crippen MR) is 83.7 cm³/mol. The number of hydrogen-bond acceptors (Lipinski definition) is 2. The maximum Gasteiger partial charge on any atom is 0.132 e. The van der Waals surface area contributed by atoms with E-state index in [-0.39, 0.29) is 0 Å². The molecule has 0 aliphatic rings. The molecule has 0 fully saturated rings. The quantitative estimate of drug-likeness (QED) is 0.487. The van der Waals surface area contributed by atoms with Gasteiger partial charge in [-0.05, 0) is 19.3 Å². The van der Waals surface area contributed by atoms with Crippen LogP contribution in [0.4, 0.5) is 0 Å². The number of aryl methyl sites for hydroxylation is 1. The Morgan fingerprint density at radius 2 is 1.60 bits per heavy atom. The van der Waals surface area contributed by atoms with Crippen LogP contribution in [0.2, 0.25) is 0 Å². The molecule has 114 valence electrons. The summed E-state index contributed by atoms with van der Waals surface area (Å²) in [5, 5.41) is 0. The first-order valence-corrected chi connectivity index (χ1v) is 8.30. The van der Waals surface area contributed by atoms with Crippen LogP contribution in [-0.2, 0) is 11.3 Å². The minimum Gasteiger partial charge on any atom is -0.337 e. The Morgan fingerprint density at radius 1 is 0.950 bits per heavy atom. The molecule has 0 bridgehead atoms. The number of imidazole rings is 1. The van der Waals surface area contributed by atoms with Crippen molar-refractivity contribution in [2.75, 3.05) is 0 Å². The van der Waals surface area contributed by atoms with Crippen LogP contribution in [0, 0.1) is 0 Å². The summed E-state index contributed by atoms with van der Waals surface area (Å²) in [7, 11) is 0. The molecule has 3 nitrogen and oxygen atoms in total. The summed E-state index contributed by atoms with van der Waals surface area (Å²) >= 11 is 0. The van der Waals surface area contributed by atoms with Gasteiger partial charge in [-0.15, -0.1) is 0 Å². The zero-order valence-corrected chi connectivity index (χ0v) is 13.0. The summed E-state index contributed by atoms with van der Waals surface area (Å²) in [6.07, 6.45) is 18.2. The summed E-state index contributed by atoms with van der Waals surface area (Å²) in [6.45, 7) is 3.22. The Labute approximate surface area is 123 Å². The molecule has 0 saturated heterocycles. The summed E-state index contributed by atoms with van der Waals surface area (Å²) in [5.41, 5.74) is 0. The number of aromatic nitrogens is 2. The van der Waals surface area contributed by atoms with E-state index in [1.54, 1.807) is 6.20 Å². The van der Waals surface area contributed by atoms with Crippen molar-refractivity contribution in [2.45, 2.75) is 84.1 Å². The predicted octanol–water partition coefficient (Wildman–Crippen LogP) is 4.76. The lowest BCUT2D eigenvalue weighted by Gasteiger charge is -2.03. The van der Waals surface area contributed by atoms with E-state index in [1.807, 2.05) is 12.5 Å². The van der Waals surface area contributed by atoms with E-state index in [0.29, 0.717) is 5.78 Å². The highest BCUT2D eigenvalue weighted by Crippen LogP contribution is 2.10. The fourth-order valence-electron chi connectivity index (χ4n) is 2.44. The molecule has 0 aromatic carbocycles. The van der Waals surface area contributed by atoms with Crippen LogP contribution in [0.1, 0.15) is 77.6 Å². The molecule has 0 aliphatic carbocycles. The highest BCUT2D eigenvalue weighted by Gasteiger charge is 2.02. The lowest BCUT2D eigenvalue weighted by Crippen LogP contribution is -2.00. The van der Waals surface area contributed by atoms with Crippen molar-refractivity contribution in [3.8, 4) is 0 Å². The second-order valence-electron chi connectivity index (χ2n) is 5.67. The monoisotopic (exact) mass is 278 g/mol. The molecule has 0 N–H and O–H groups in total. The molecule has 3 heteroatoms. The molecular weight excluding hydrogens is 248 g/mol. The molecule has 0 aliphatic heterocycles. The Kier molecular flexibility index (Phi) is 9.89. The average molecular weight is 278 g/mol. The molecule has 0 amide bonds. The average Bonchev–Trinajstić information content (AvgIpc) is 2.96. The number of carbonyl (C=O) groups is 1. The molecule has 0 saturated carbocycles. The highest BCUT2D eigenvalue weighted by atomic mass is 16.1. The molecule has 1 heterocycles. The molecule has 0 spiro atoms. The van der Waals surface area contributed by atoms with E-state index in [1.165, 1.54) is 38.5 Å². The van der Waals surface area contributed by atoms with Crippen LogP contribution in [-0.4, -0.2) is 15.3 Å². The third kappa shape index (κ3) is 8.89. The number of carbonyl (C=O) groups excluding carboxylic acids is 1. The van der Waals surface area contributed by atoms with Gasteiger partial charge in [-0.25, -0.2) is 4.98 Å². The van der Waals surface area contributed by atoms with Crippen molar-refractivity contribution in [1.29, 1.82) is 0 Å². The van der Waals surface area contributed by atoms with Gasteiger partial charge in [-0.1, -0.05) is 45.4 Å². The van der Waals surface area contributed by atoms with Crippen LogP contribution in [0.3, 0.4) is 0 Å². The van der Waals surface area contributed by atoms with Crippen LogP contribution in [0.15, 0.2) is 18.7 Å². The largest absolute Gasteiger partial charge is 0.337 e. The number of hydrogen-bond donors (Lipinski definition) is 0. The summed E-state index contributed by atoms with van der Waals surface area (Å²) in [4.78, 5) is 15.7. The van der Waals surface area contributed by atoms with Crippen molar-refractivity contribution < 1.29 is 4.79 Å². The fourth-order valence-corrected chi connectivity index (χ4v) is 2.44. The van der Waals surface area contributed by atoms with Gasteiger partial charge >= 0.3 is 0 Å². The normalized spacial score (nSPS) is 10.8. The van der Waals surface area contributed by atoms with Gasteiger partial charge in [-0.3, -0.25) is 4.79 Å². The topological polar surface area (TPSA) is 34.9 Å². The third-order valence-electron chi connectivity index (χ3n) is 3.74. The summed E-state index contributed by atoms with van der Waals surface area (Å²) in [5.74, 6) is 0.448.